The molecule has 0 fully saturated rings. The number of hydrogen-bond donors (Lipinski definition) is 3. The first kappa shape index (κ1) is 23.1. The van der Waals surface area contributed by atoms with Crippen molar-refractivity contribution < 1.29 is 4.39 Å². The molecular weight excluding hydrogens is 504 g/mol. The highest BCUT2D eigenvalue weighted by Crippen LogP contribution is 2.20. The van der Waals surface area contributed by atoms with Gasteiger partial charge < -0.3 is 20.5 Å². The van der Waals surface area contributed by atoms with E-state index in [0.29, 0.717) is 6.54 Å². The second-order valence-corrected chi connectivity index (χ2v) is 7.42. The molecule has 164 valence electrons. The Kier molecular flexibility index (Phi) is 8.34. The molecule has 1 aromatic heterocycles. The topological polar surface area (TPSA) is 55.5 Å². The maximum absolute atomic E-state index is 13.6. The summed E-state index contributed by atoms with van der Waals surface area (Å²) >= 11 is 0. The molecule has 1 aliphatic heterocycles. The van der Waals surface area contributed by atoms with Gasteiger partial charge in [-0.25, -0.2) is 9.38 Å². The first-order chi connectivity index (χ1) is 14.7. The molecular formula is C24H29FIN5. The van der Waals surface area contributed by atoms with Gasteiger partial charge in [0.25, 0.3) is 0 Å². The summed E-state index contributed by atoms with van der Waals surface area (Å²) in [7, 11) is 0. The summed E-state index contributed by atoms with van der Waals surface area (Å²) in [4.78, 5) is 10.2. The van der Waals surface area contributed by atoms with E-state index in [4.69, 9.17) is 4.99 Å². The van der Waals surface area contributed by atoms with Crippen LogP contribution in [0.2, 0.25) is 0 Å². The second-order valence-electron chi connectivity index (χ2n) is 7.42. The third kappa shape index (κ3) is 6.00. The van der Waals surface area contributed by atoms with Gasteiger partial charge in [0.15, 0.2) is 5.96 Å². The SMILES string of the molecule is CCNC(=NCc1ccc(N2CC=CC2)cc1)NCCc1c[nH]c2ccc(F)cc12.I. The quantitative estimate of drug-likeness (QED) is 0.180. The molecule has 3 N–H and O–H groups in total. The molecule has 0 saturated carbocycles. The average molecular weight is 533 g/mol. The van der Waals surface area contributed by atoms with E-state index in [1.807, 2.05) is 6.20 Å². The fraction of sp³-hybridized carbons (Fsp3) is 0.292. The maximum Gasteiger partial charge on any atom is 0.191 e. The highest BCUT2D eigenvalue weighted by atomic mass is 127. The number of nitrogens with one attached hydrogen (secondary N) is 3. The Morgan fingerprint density at radius 1 is 1.10 bits per heavy atom. The first-order valence-electron chi connectivity index (χ1n) is 10.5. The molecule has 5 nitrogen and oxygen atoms in total. The molecule has 0 saturated heterocycles. The van der Waals surface area contributed by atoms with Crippen LogP contribution >= 0.6 is 24.0 Å². The predicted octanol–water partition coefficient (Wildman–Crippen LogP) is 4.60. The van der Waals surface area contributed by atoms with Gasteiger partial charge in [-0.05, 0) is 54.8 Å². The molecule has 0 atom stereocenters. The lowest BCUT2D eigenvalue weighted by atomic mass is 10.1. The van der Waals surface area contributed by atoms with Gasteiger partial charge in [-0.1, -0.05) is 24.3 Å². The van der Waals surface area contributed by atoms with E-state index < -0.39 is 0 Å². The van der Waals surface area contributed by atoms with E-state index in [2.05, 4.69) is 63.9 Å². The molecule has 31 heavy (non-hydrogen) atoms. The highest BCUT2D eigenvalue weighted by molar-refractivity contribution is 14.0. The summed E-state index contributed by atoms with van der Waals surface area (Å²) in [5, 5.41) is 7.61. The van der Waals surface area contributed by atoms with Gasteiger partial charge in [0.1, 0.15) is 5.82 Å². The van der Waals surface area contributed by atoms with E-state index in [1.165, 1.54) is 17.3 Å². The monoisotopic (exact) mass is 533 g/mol. The minimum absolute atomic E-state index is 0. The van der Waals surface area contributed by atoms with Crippen LogP contribution in [0.3, 0.4) is 0 Å². The van der Waals surface area contributed by atoms with Crippen molar-refractivity contribution in [3.8, 4) is 0 Å². The van der Waals surface area contributed by atoms with Crippen molar-refractivity contribution in [2.75, 3.05) is 31.1 Å². The Hall–Kier alpha value is -2.55. The third-order valence-corrected chi connectivity index (χ3v) is 5.30. The number of fused-ring (bicyclic) bond motifs is 1. The van der Waals surface area contributed by atoms with Gasteiger partial charge in [-0.3, -0.25) is 0 Å². The summed E-state index contributed by atoms with van der Waals surface area (Å²) in [5.74, 6) is 0.578. The van der Waals surface area contributed by atoms with Crippen molar-refractivity contribution in [2.45, 2.75) is 19.9 Å². The number of H-pyrrole nitrogens is 1. The van der Waals surface area contributed by atoms with Gasteiger partial charge in [0, 0.05) is 49.0 Å². The van der Waals surface area contributed by atoms with Crippen LogP contribution in [-0.4, -0.2) is 37.1 Å². The van der Waals surface area contributed by atoms with Gasteiger partial charge in [0.05, 0.1) is 6.54 Å². The third-order valence-electron chi connectivity index (χ3n) is 5.30. The first-order valence-corrected chi connectivity index (χ1v) is 10.5. The molecule has 2 aromatic carbocycles. The van der Waals surface area contributed by atoms with Crippen molar-refractivity contribution in [2.24, 2.45) is 4.99 Å². The second kappa shape index (κ2) is 11.2. The van der Waals surface area contributed by atoms with E-state index in [9.17, 15) is 4.39 Å². The minimum atomic E-state index is -0.210. The molecule has 0 unspecified atom stereocenters. The summed E-state index contributed by atoms with van der Waals surface area (Å²) in [6, 6.07) is 13.4. The molecule has 0 aliphatic carbocycles. The Balaban J connectivity index is 0.00000272. The molecule has 0 spiro atoms. The number of hydrogen-bond acceptors (Lipinski definition) is 2. The van der Waals surface area contributed by atoms with Gasteiger partial charge >= 0.3 is 0 Å². The van der Waals surface area contributed by atoms with Crippen molar-refractivity contribution in [3.63, 3.8) is 0 Å². The van der Waals surface area contributed by atoms with E-state index in [1.54, 1.807) is 12.1 Å². The standard InChI is InChI=1S/C24H28FN5.HI/c1-2-26-24(27-12-11-19-17-28-23-10-7-20(25)15-22(19)23)29-16-18-5-8-21(9-6-18)30-13-3-4-14-30;/h3-10,15,17,28H,2,11-14,16H2,1H3,(H2,26,27,29);1H. The molecule has 7 heteroatoms. The number of anilines is 1. The average Bonchev–Trinajstić information content (AvgIpc) is 3.43. The molecule has 1 aliphatic rings. The zero-order valence-corrected chi connectivity index (χ0v) is 20.0. The molecule has 3 aromatic rings. The number of guanidine groups is 1. The normalized spacial score (nSPS) is 13.5. The number of aromatic nitrogens is 1. The van der Waals surface area contributed by atoms with E-state index >= 15 is 0 Å². The zero-order valence-electron chi connectivity index (χ0n) is 17.7. The minimum Gasteiger partial charge on any atom is -0.364 e. The molecule has 4 rings (SSSR count). The fourth-order valence-electron chi connectivity index (χ4n) is 3.69. The van der Waals surface area contributed by atoms with Crippen molar-refractivity contribution in [1.29, 1.82) is 0 Å². The van der Waals surface area contributed by atoms with Gasteiger partial charge in [-0.15, -0.1) is 24.0 Å². The van der Waals surface area contributed by atoms with Crippen LogP contribution in [0.1, 0.15) is 18.1 Å². The van der Waals surface area contributed by atoms with Crippen LogP contribution in [-0.2, 0) is 13.0 Å². The van der Waals surface area contributed by atoms with Crippen LogP contribution in [0.4, 0.5) is 10.1 Å². The summed E-state index contributed by atoms with van der Waals surface area (Å²) in [5.41, 5.74) is 4.48. The molecule has 0 bridgehead atoms. The van der Waals surface area contributed by atoms with Gasteiger partial charge in [0.2, 0.25) is 0 Å². The van der Waals surface area contributed by atoms with E-state index in [0.717, 1.165) is 55.0 Å². The Morgan fingerprint density at radius 3 is 2.61 bits per heavy atom. The number of rotatable bonds is 7. The lowest BCUT2D eigenvalue weighted by Crippen LogP contribution is -2.38. The van der Waals surface area contributed by atoms with Crippen LogP contribution in [0.5, 0.6) is 0 Å². The fourth-order valence-corrected chi connectivity index (χ4v) is 3.69. The lowest BCUT2D eigenvalue weighted by molar-refractivity contribution is 0.629. The van der Waals surface area contributed by atoms with Crippen molar-refractivity contribution >= 4 is 46.5 Å². The predicted molar refractivity (Wildman–Crippen MR) is 138 cm³/mol. The van der Waals surface area contributed by atoms with Crippen LogP contribution in [0.25, 0.3) is 10.9 Å². The summed E-state index contributed by atoms with van der Waals surface area (Å²) in [6.07, 6.45) is 7.12. The zero-order chi connectivity index (χ0) is 20.8. The van der Waals surface area contributed by atoms with Crippen LogP contribution in [0, 0.1) is 5.82 Å². The Morgan fingerprint density at radius 2 is 1.87 bits per heavy atom. The van der Waals surface area contributed by atoms with Gasteiger partial charge in [-0.2, -0.15) is 0 Å². The van der Waals surface area contributed by atoms with Crippen molar-refractivity contribution in [3.05, 3.63) is 77.8 Å². The molecule has 0 amide bonds. The van der Waals surface area contributed by atoms with E-state index in [-0.39, 0.29) is 29.8 Å². The Labute approximate surface area is 199 Å². The Bertz CT molecular complexity index is 1030. The number of aliphatic imine (C=N–C) groups is 1. The number of nitrogens with zero attached hydrogens (tertiary/aromatic N) is 2. The van der Waals surface area contributed by atoms with Crippen molar-refractivity contribution in [1.82, 2.24) is 15.6 Å². The lowest BCUT2D eigenvalue weighted by Gasteiger charge is -2.17. The number of benzene rings is 2. The molecule has 2 heterocycles. The molecule has 0 radical (unpaired) electrons. The van der Waals surface area contributed by atoms with Crippen LogP contribution < -0.4 is 15.5 Å². The summed E-state index contributed by atoms with van der Waals surface area (Å²) in [6.45, 7) is 6.15. The number of halogens is 2. The smallest absolute Gasteiger partial charge is 0.191 e. The number of aromatic amines is 1. The summed E-state index contributed by atoms with van der Waals surface area (Å²) < 4.78 is 13.6. The largest absolute Gasteiger partial charge is 0.364 e. The highest BCUT2D eigenvalue weighted by Gasteiger charge is 2.08. The van der Waals surface area contributed by atoms with Crippen LogP contribution in [0.15, 0.2) is 65.8 Å². The maximum atomic E-state index is 13.6.